The predicted molar refractivity (Wildman–Crippen MR) is 86.4 cm³/mol. The summed E-state index contributed by atoms with van der Waals surface area (Å²) < 4.78 is 5.88. The molecule has 2 aromatic rings. The summed E-state index contributed by atoms with van der Waals surface area (Å²) in [5, 5.41) is 0. The molecule has 0 spiro atoms. The number of hydrogen-bond donors (Lipinski definition) is 0. The van der Waals surface area contributed by atoms with Crippen LogP contribution in [0.2, 0.25) is 0 Å². The molecule has 0 aromatic heterocycles. The van der Waals surface area contributed by atoms with Crippen molar-refractivity contribution in [2.45, 2.75) is 0 Å². The third-order valence-electron chi connectivity index (χ3n) is 3.88. The van der Waals surface area contributed by atoms with Gasteiger partial charge in [0.05, 0.1) is 5.56 Å². The number of para-hydroxylation sites is 2. The number of benzene rings is 2. The van der Waals surface area contributed by atoms with E-state index in [4.69, 9.17) is 4.74 Å². The van der Waals surface area contributed by atoms with Crippen molar-refractivity contribution in [2.75, 3.05) is 33.2 Å². The highest BCUT2D eigenvalue weighted by molar-refractivity contribution is 5.97. The molecule has 1 fully saturated rings. The van der Waals surface area contributed by atoms with E-state index in [9.17, 15) is 4.79 Å². The van der Waals surface area contributed by atoms with Gasteiger partial charge in [0.2, 0.25) is 0 Å². The molecule has 1 saturated heterocycles. The van der Waals surface area contributed by atoms with Gasteiger partial charge in [-0.1, -0.05) is 30.3 Å². The Bertz CT molecular complexity index is 635. The van der Waals surface area contributed by atoms with Gasteiger partial charge in [0.15, 0.2) is 0 Å². The lowest BCUT2D eigenvalue weighted by Crippen LogP contribution is -2.47. The molecule has 0 atom stereocenters. The summed E-state index contributed by atoms with van der Waals surface area (Å²) in [7, 11) is 2.08. The zero-order valence-corrected chi connectivity index (χ0v) is 12.7. The molecule has 2 aromatic carbocycles. The number of amides is 1. The van der Waals surface area contributed by atoms with Crippen molar-refractivity contribution < 1.29 is 9.53 Å². The van der Waals surface area contributed by atoms with Crippen molar-refractivity contribution in [2.24, 2.45) is 0 Å². The predicted octanol–water partition coefficient (Wildman–Crippen LogP) is 2.87. The van der Waals surface area contributed by atoms with Crippen LogP contribution in [0, 0.1) is 0 Å². The van der Waals surface area contributed by atoms with Crippen molar-refractivity contribution in [3.05, 3.63) is 60.2 Å². The molecule has 114 valence electrons. The lowest BCUT2D eigenvalue weighted by Gasteiger charge is -2.32. The van der Waals surface area contributed by atoms with E-state index < -0.39 is 0 Å². The highest BCUT2D eigenvalue weighted by Gasteiger charge is 2.22. The first-order chi connectivity index (χ1) is 10.7. The molecule has 0 radical (unpaired) electrons. The van der Waals surface area contributed by atoms with Crippen LogP contribution in [0.3, 0.4) is 0 Å². The molecule has 1 amide bonds. The Kier molecular flexibility index (Phi) is 4.39. The number of hydrogen-bond acceptors (Lipinski definition) is 3. The number of carbonyl (C=O) groups excluding carboxylic acids is 1. The maximum Gasteiger partial charge on any atom is 0.257 e. The molecule has 0 unspecified atom stereocenters. The van der Waals surface area contributed by atoms with Crippen molar-refractivity contribution in [3.63, 3.8) is 0 Å². The first kappa shape index (κ1) is 14.6. The molecule has 0 N–H and O–H groups in total. The second-order valence-corrected chi connectivity index (χ2v) is 5.51. The van der Waals surface area contributed by atoms with Crippen LogP contribution >= 0.6 is 0 Å². The van der Waals surface area contributed by atoms with Gasteiger partial charge in [0.25, 0.3) is 5.91 Å². The van der Waals surface area contributed by atoms with Gasteiger partial charge >= 0.3 is 0 Å². The van der Waals surface area contributed by atoms with Crippen LogP contribution in [0.4, 0.5) is 0 Å². The van der Waals surface area contributed by atoms with Crippen LogP contribution in [-0.4, -0.2) is 48.9 Å². The number of likely N-dealkylation sites (N-methyl/N-ethyl adjacent to an activating group) is 1. The van der Waals surface area contributed by atoms with E-state index in [0.717, 1.165) is 31.9 Å². The smallest absolute Gasteiger partial charge is 0.257 e. The first-order valence-corrected chi connectivity index (χ1v) is 7.54. The average molecular weight is 296 g/mol. The van der Waals surface area contributed by atoms with E-state index in [0.29, 0.717) is 11.3 Å². The van der Waals surface area contributed by atoms with Gasteiger partial charge in [-0.05, 0) is 31.3 Å². The Morgan fingerprint density at radius 1 is 0.909 bits per heavy atom. The summed E-state index contributed by atoms with van der Waals surface area (Å²) in [6.45, 7) is 3.34. The number of ether oxygens (including phenoxy) is 1. The van der Waals surface area contributed by atoms with E-state index in [2.05, 4.69) is 11.9 Å². The van der Waals surface area contributed by atoms with Crippen LogP contribution in [0.1, 0.15) is 10.4 Å². The Balaban J connectivity index is 1.80. The number of rotatable bonds is 3. The van der Waals surface area contributed by atoms with Gasteiger partial charge < -0.3 is 14.5 Å². The second-order valence-electron chi connectivity index (χ2n) is 5.51. The zero-order chi connectivity index (χ0) is 15.4. The maximum absolute atomic E-state index is 12.7. The normalized spacial score (nSPS) is 15.6. The van der Waals surface area contributed by atoms with Crippen LogP contribution < -0.4 is 4.74 Å². The minimum absolute atomic E-state index is 0.0413. The number of piperazine rings is 1. The minimum atomic E-state index is 0.0413. The van der Waals surface area contributed by atoms with Gasteiger partial charge in [-0.25, -0.2) is 0 Å². The Hall–Kier alpha value is -2.33. The molecule has 0 bridgehead atoms. The van der Waals surface area contributed by atoms with E-state index in [1.807, 2.05) is 59.5 Å². The van der Waals surface area contributed by atoms with Gasteiger partial charge in [-0.15, -0.1) is 0 Å². The zero-order valence-electron chi connectivity index (χ0n) is 12.7. The average Bonchev–Trinajstić information content (AvgIpc) is 2.56. The fourth-order valence-corrected chi connectivity index (χ4v) is 2.53. The molecule has 22 heavy (non-hydrogen) atoms. The Morgan fingerprint density at radius 3 is 2.27 bits per heavy atom. The minimum Gasteiger partial charge on any atom is -0.457 e. The summed E-state index contributed by atoms with van der Waals surface area (Å²) in [4.78, 5) is 16.9. The quantitative estimate of drug-likeness (QED) is 0.873. The van der Waals surface area contributed by atoms with Gasteiger partial charge in [-0.3, -0.25) is 4.79 Å². The van der Waals surface area contributed by atoms with Crippen LogP contribution in [-0.2, 0) is 0 Å². The molecule has 0 aliphatic carbocycles. The first-order valence-electron chi connectivity index (χ1n) is 7.54. The topological polar surface area (TPSA) is 32.8 Å². The second kappa shape index (κ2) is 6.62. The SMILES string of the molecule is CN1CCN(C(=O)c2ccccc2Oc2ccccc2)CC1. The Labute approximate surface area is 130 Å². The third kappa shape index (κ3) is 3.28. The van der Waals surface area contributed by atoms with Crippen molar-refractivity contribution in [1.29, 1.82) is 0 Å². The van der Waals surface area contributed by atoms with Crippen molar-refractivity contribution in [3.8, 4) is 11.5 Å². The highest BCUT2D eigenvalue weighted by atomic mass is 16.5. The molecule has 1 aliphatic rings. The fraction of sp³-hybridized carbons (Fsp3) is 0.278. The van der Waals surface area contributed by atoms with Gasteiger partial charge in [-0.2, -0.15) is 0 Å². The molecule has 3 rings (SSSR count). The van der Waals surface area contributed by atoms with Crippen LogP contribution in [0.5, 0.6) is 11.5 Å². The van der Waals surface area contributed by atoms with E-state index >= 15 is 0 Å². The summed E-state index contributed by atoms with van der Waals surface area (Å²) in [5.74, 6) is 1.39. The molecular weight excluding hydrogens is 276 g/mol. The van der Waals surface area contributed by atoms with E-state index in [-0.39, 0.29) is 5.91 Å². The van der Waals surface area contributed by atoms with Gasteiger partial charge in [0, 0.05) is 26.2 Å². The monoisotopic (exact) mass is 296 g/mol. The molecule has 4 heteroatoms. The fourth-order valence-electron chi connectivity index (χ4n) is 2.53. The molecule has 4 nitrogen and oxygen atoms in total. The van der Waals surface area contributed by atoms with Crippen molar-refractivity contribution >= 4 is 5.91 Å². The largest absolute Gasteiger partial charge is 0.457 e. The van der Waals surface area contributed by atoms with E-state index in [1.54, 1.807) is 0 Å². The maximum atomic E-state index is 12.7. The highest BCUT2D eigenvalue weighted by Crippen LogP contribution is 2.26. The molecule has 0 saturated carbocycles. The number of carbonyl (C=O) groups is 1. The number of nitrogens with zero attached hydrogens (tertiary/aromatic N) is 2. The lowest BCUT2D eigenvalue weighted by atomic mass is 10.1. The summed E-state index contributed by atoms with van der Waals surface area (Å²) >= 11 is 0. The lowest BCUT2D eigenvalue weighted by molar-refractivity contribution is 0.0661. The molecule has 1 heterocycles. The molecular formula is C18H20N2O2. The molecule has 1 aliphatic heterocycles. The summed E-state index contributed by atoms with van der Waals surface area (Å²) in [6, 6.07) is 17.0. The van der Waals surface area contributed by atoms with Crippen LogP contribution in [0.25, 0.3) is 0 Å². The standard InChI is InChI=1S/C18H20N2O2/c1-19-11-13-20(14-12-19)18(21)16-9-5-6-10-17(16)22-15-7-3-2-4-8-15/h2-10H,11-14H2,1H3. The van der Waals surface area contributed by atoms with Crippen LogP contribution in [0.15, 0.2) is 54.6 Å². The van der Waals surface area contributed by atoms with Gasteiger partial charge in [0.1, 0.15) is 11.5 Å². The summed E-state index contributed by atoms with van der Waals surface area (Å²) in [5.41, 5.74) is 0.621. The Morgan fingerprint density at radius 2 is 1.55 bits per heavy atom. The summed E-state index contributed by atoms with van der Waals surface area (Å²) in [6.07, 6.45) is 0. The van der Waals surface area contributed by atoms with Crippen molar-refractivity contribution in [1.82, 2.24) is 9.80 Å². The van der Waals surface area contributed by atoms with E-state index in [1.165, 1.54) is 0 Å². The third-order valence-corrected chi connectivity index (χ3v) is 3.88.